The van der Waals surface area contributed by atoms with E-state index in [1.807, 2.05) is 18.5 Å². The molecule has 0 amide bonds. The summed E-state index contributed by atoms with van der Waals surface area (Å²) < 4.78 is 5.37. The Bertz CT molecular complexity index is 533. The van der Waals surface area contributed by atoms with Crippen LogP contribution in [0.3, 0.4) is 0 Å². The summed E-state index contributed by atoms with van der Waals surface area (Å²) in [6.45, 7) is 6.05. The van der Waals surface area contributed by atoms with Crippen LogP contribution in [0, 0.1) is 0 Å². The average molecular weight is 308 g/mol. The topological polar surface area (TPSA) is 84.9 Å². The van der Waals surface area contributed by atoms with Crippen molar-refractivity contribution in [3.8, 4) is 6.01 Å². The van der Waals surface area contributed by atoms with Crippen LogP contribution in [0.15, 0.2) is 11.6 Å². The maximum absolute atomic E-state index is 5.37. The molecule has 0 saturated heterocycles. The van der Waals surface area contributed by atoms with Crippen LogP contribution in [-0.4, -0.2) is 39.6 Å². The summed E-state index contributed by atoms with van der Waals surface area (Å²) in [5, 5.41) is 9.39. The summed E-state index contributed by atoms with van der Waals surface area (Å²) in [6, 6.07) is 0.336. The minimum atomic E-state index is 0.336. The molecule has 0 aliphatic rings. The number of nitrogens with one attached hydrogen (secondary N) is 2. The Kier molecular flexibility index (Phi) is 6.14. The van der Waals surface area contributed by atoms with Crippen LogP contribution < -0.4 is 15.4 Å². The highest BCUT2D eigenvalue weighted by Gasteiger charge is 2.07. The van der Waals surface area contributed by atoms with E-state index in [2.05, 4.69) is 37.5 Å². The molecule has 0 aliphatic carbocycles. The van der Waals surface area contributed by atoms with Crippen molar-refractivity contribution in [1.82, 2.24) is 19.9 Å². The third kappa shape index (κ3) is 5.14. The Hall–Kier alpha value is -1.96. The van der Waals surface area contributed by atoms with Crippen LogP contribution in [0.1, 0.15) is 25.3 Å². The first-order valence-corrected chi connectivity index (χ1v) is 7.94. The molecule has 0 spiro atoms. The van der Waals surface area contributed by atoms with E-state index in [0.29, 0.717) is 24.5 Å². The first kappa shape index (κ1) is 15.4. The van der Waals surface area contributed by atoms with Gasteiger partial charge in [0.25, 0.3) is 0 Å². The van der Waals surface area contributed by atoms with Gasteiger partial charge >= 0.3 is 6.01 Å². The third-order valence-electron chi connectivity index (χ3n) is 2.53. The average Bonchev–Trinajstić information content (AvgIpc) is 2.99. The van der Waals surface area contributed by atoms with Crippen molar-refractivity contribution in [3.63, 3.8) is 0 Å². The van der Waals surface area contributed by atoms with Gasteiger partial charge in [-0.3, -0.25) is 0 Å². The van der Waals surface area contributed by atoms with Gasteiger partial charge in [-0.25, -0.2) is 4.98 Å². The molecule has 2 N–H and O–H groups in total. The molecule has 2 aromatic heterocycles. The number of nitrogens with zero attached hydrogens (tertiary/aromatic N) is 4. The second kappa shape index (κ2) is 8.35. The van der Waals surface area contributed by atoms with Crippen LogP contribution in [0.25, 0.3) is 0 Å². The van der Waals surface area contributed by atoms with E-state index in [9.17, 15) is 0 Å². The molecule has 2 rings (SSSR count). The smallest absolute Gasteiger partial charge is 0.323 e. The zero-order chi connectivity index (χ0) is 14.9. The van der Waals surface area contributed by atoms with E-state index in [1.165, 1.54) is 0 Å². The molecule has 7 nitrogen and oxygen atoms in total. The minimum Gasteiger partial charge on any atom is -0.464 e. The SMILES string of the molecule is CCCNc1nc(NCCc2nccs2)nc(OCC)n1. The van der Waals surface area contributed by atoms with E-state index >= 15 is 0 Å². The van der Waals surface area contributed by atoms with E-state index in [0.717, 1.165) is 30.9 Å². The van der Waals surface area contributed by atoms with Gasteiger partial charge in [-0.1, -0.05) is 6.92 Å². The van der Waals surface area contributed by atoms with Crippen LogP contribution in [-0.2, 0) is 6.42 Å². The lowest BCUT2D eigenvalue weighted by atomic mass is 10.4. The van der Waals surface area contributed by atoms with Gasteiger partial charge in [0.05, 0.1) is 11.6 Å². The lowest BCUT2D eigenvalue weighted by Crippen LogP contribution is -2.13. The van der Waals surface area contributed by atoms with Crippen molar-refractivity contribution in [3.05, 3.63) is 16.6 Å². The van der Waals surface area contributed by atoms with Gasteiger partial charge in [-0.15, -0.1) is 11.3 Å². The fourth-order valence-corrected chi connectivity index (χ4v) is 2.22. The summed E-state index contributed by atoms with van der Waals surface area (Å²) in [5.74, 6) is 1.05. The number of hydrogen-bond donors (Lipinski definition) is 2. The summed E-state index contributed by atoms with van der Waals surface area (Å²) in [5.41, 5.74) is 0. The van der Waals surface area contributed by atoms with Crippen molar-refractivity contribution >= 4 is 23.2 Å². The summed E-state index contributed by atoms with van der Waals surface area (Å²) in [6.07, 6.45) is 3.65. The molecule has 0 aliphatic heterocycles. The molecule has 0 fully saturated rings. The number of aromatic nitrogens is 4. The maximum atomic E-state index is 5.37. The number of anilines is 2. The first-order chi connectivity index (χ1) is 10.3. The predicted molar refractivity (Wildman–Crippen MR) is 84.1 cm³/mol. The molecular weight excluding hydrogens is 288 g/mol. The standard InChI is InChI=1S/C13H20N6OS/c1-3-6-15-11-17-12(19-13(18-11)20-4-2)16-7-5-10-14-8-9-21-10/h8-9H,3-7H2,1-2H3,(H2,15,16,17,18,19). The second-order valence-corrected chi connectivity index (χ2v) is 5.21. The molecule has 0 aromatic carbocycles. The molecule has 0 saturated carbocycles. The van der Waals surface area contributed by atoms with Crippen molar-refractivity contribution in [2.45, 2.75) is 26.7 Å². The van der Waals surface area contributed by atoms with E-state index in [-0.39, 0.29) is 0 Å². The summed E-state index contributed by atoms with van der Waals surface area (Å²) in [4.78, 5) is 17.0. The number of thiazole rings is 1. The van der Waals surface area contributed by atoms with Gasteiger partial charge in [0.15, 0.2) is 0 Å². The van der Waals surface area contributed by atoms with Gasteiger partial charge in [0.2, 0.25) is 11.9 Å². The van der Waals surface area contributed by atoms with Gasteiger partial charge in [0.1, 0.15) is 0 Å². The molecular formula is C13H20N6OS. The molecule has 0 radical (unpaired) electrons. The molecule has 8 heteroatoms. The van der Waals surface area contributed by atoms with Crippen LogP contribution in [0.4, 0.5) is 11.9 Å². The first-order valence-electron chi connectivity index (χ1n) is 7.06. The largest absolute Gasteiger partial charge is 0.464 e. The highest BCUT2D eigenvalue weighted by Crippen LogP contribution is 2.12. The fourth-order valence-electron chi connectivity index (χ4n) is 1.60. The van der Waals surface area contributed by atoms with Crippen LogP contribution in [0.5, 0.6) is 6.01 Å². The van der Waals surface area contributed by atoms with E-state index in [4.69, 9.17) is 4.74 Å². The summed E-state index contributed by atoms with van der Waals surface area (Å²) in [7, 11) is 0. The molecule has 0 bridgehead atoms. The van der Waals surface area contributed by atoms with Crippen molar-refractivity contribution in [1.29, 1.82) is 0 Å². The highest BCUT2D eigenvalue weighted by atomic mass is 32.1. The minimum absolute atomic E-state index is 0.336. The lowest BCUT2D eigenvalue weighted by Gasteiger charge is -2.09. The Morgan fingerprint density at radius 2 is 1.86 bits per heavy atom. The Morgan fingerprint density at radius 3 is 2.48 bits per heavy atom. The summed E-state index contributed by atoms with van der Waals surface area (Å²) >= 11 is 1.64. The van der Waals surface area contributed by atoms with Crippen molar-refractivity contribution < 1.29 is 4.74 Å². The lowest BCUT2D eigenvalue weighted by molar-refractivity contribution is 0.312. The molecule has 0 unspecified atom stereocenters. The molecule has 21 heavy (non-hydrogen) atoms. The van der Waals surface area contributed by atoms with E-state index in [1.54, 1.807) is 11.3 Å². The Morgan fingerprint density at radius 1 is 1.10 bits per heavy atom. The molecule has 2 heterocycles. The zero-order valence-electron chi connectivity index (χ0n) is 12.3. The van der Waals surface area contributed by atoms with Crippen molar-refractivity contribution in [2.24, 2.45) is 0 Å². The number of hydrogen-bond acceptors (Lipinski definition) is 8. The maximum Gasteiger partial charge on any atom is 0.323 e. The van der Waals surface area contributed by atoms with E-state index < -0.39 is 0 Å². The molecule has 2 aromatic rings. The number of ether oxygens (including phenoxy) is 1. The molecule has 114 valence electrons. The Balaban J connectivity index is 1.97. The van der Waals surface area contributed by atoms with Gasteiger partial charge in [0, 0.05) is 31.1 Å². The van der Waals surface area contributed by atoms with Gasteiger partial charge < -0.3 is 15.4 Å². The monoisotopic (exact) mass is 308 g/mol. The predicted octanol–water partition coefficient (Wildman–Crippen LogP) is 2.20. The second-order valence-electron chi connectivity index (χ2n) is 4.23. The van der Waals surface area contributed by atoms with Gasteiger partial charge in [-0.2, -0.15) is 15.0 Å². The third-order valence-corrected chi connectivity index (χ3v) is 3.37. The highest BCUT2D eigenvalue weighted by molar-refractivity contribution is 7.09. The normalized spacial score (nSPS) is 10.4. The van der Waals surface area contributed by atoms with Crippen LogP contribution >= 0.6 is 11.3 Å². The van der Waals surface area contributed by atoms with Gasteiger partial charge in [-0.05, 0) is 13.3 Å². The zero-order valence-corrected chi connectivity index (χ0v) is 13.1. The Labute approximate surface area is 128 Å². The fraction of sp³-hybridized carbons (Fsp3) is 0.538. The molecule has 0 atom stereocenters. The van der Waals surface area contributed by atoms with Crippen molar-refractivity contribution in [2.75, 3.05) is 30.3 Å². The number of rotatable bonds is 9. The van der Waals surface area contributed by atoms with Crippen LogP contribution in [0.2, 0.25) is 0 Å². The quantitative estimate of drug-likeness (QED) is 0.734.